The van der Waals surface area contributed by atoms with Gasteiger partial charge in [-0.1, -0.05) is 13.3 Å². The summed E-state index contributed by atoms with van der Waals surface area (Å²) in [5, 5.41) is 3.58. The third-order valence-corrected chi connectivity index (χ3v) is 3.74. The predicted molar refractivity (Wildman–Crippen MR) is 80.8 cm³/mol. The molecule has 0 aromatic heterocycles. The number of benzene rings is 1. The molecule has 0 bridgehead atoms. The Morgan fingerprint density at radius 1 is 1.30 bits per heavy atom. The van der Waals surface area contributed by atoms with Crippen molar-refractivity contribution in [2.75, 3.05) is 26.1 Å². The van der Waals surface area contributed by atoms with Crippen LogP contribution in [0.2, 0.25) is 0 Å². The van der Waals surface area contributed by atoms with Crippen LogP contribution in [0.25, 0.3) is 0 Å². The van der Waals surface area contributed by atoms with E-state index in [0.717, 1.165) is 43.1 Å². The molecule has 112 valence electrons. The van der Waals surface area contributed by atoms with E-state index < -0.39 is 0 Å². The maximum Gasteiger partial charge on any atom is 0.142 e. The monoisotopic (exact) mass is 279 g/mol. The van der Waals surface area contributed by atoms with Crippen molar-refractivity contribution in [1.29, 1.82) is 0 Å². The van der Waals surface area contributed by atoms with Crippen LogP contribution in [0, 0.1) is 0 Å². The van der Waals surface area contributed by atoms with Gasteiger partial charge in [0.25, 0.3) is 0 Å². The minimum absolute atomic E-state index is 0.378. The second-order valence-corrected chi connectivity index (χ2v) is 5.21. The molecule has 4 heteroatoms. The highest BCUT2D eigenvalue weighted by Crippen LogP contribution is 2.31. The largest absolute Gasteiger partial charge is 0.497 e. The zero-order valence-corrected chi connectivity index (χ0v) is 12.6. The topological polar surface area (TPSA) is 39.7 Å². The maximum absolute atomic E-state index is 5.79. The Bertz CT molecular complexity index is 420. The van der Waals surface area contributed by atoms with Gasteiger partial charge >= 0.3 is 0 Å². The third kappa shape index (κ3) is 3.79. The molecule has 0 spiro atoms. The Hall–Kier alpha value is -1.42. The summed E-state index contributed by atoms with van der Waals surface area (Å²) >= 11 is 0. The lowest BCUT2D eigenvalue weighted by Crippen LogP contribution is -2.34. The molecular weight excluding hydrogens is 254 g/mol. The van der Waals surface area contributed by atoms with Crippen molar-refractivity contribution < 1.29 is 14.2 Å². The fourth-order valence-electron chi connectivity index (χ4n) is 2.68. The van der Waals surface area contributed by atoms with Gasteiger partial charge in [-0.3, -0.25) is 0 Å². The van der Waals surface area contributed by atoms with Gasteiger partial charge < -0.3 is 19.5 Å². The van der Waals surface area contributed by atoms with Crippen LogP contribution in [0.3, 0.4) is 0 Å². The molecule has 0 radical (unpaired) electrons. The molecule has 1 saturated heterocycles. The molecule has 1 aromatic rings. The van der Waals surface area contributed by atoms with Crippen LogP contribution in [0.4, 0.5) is 5.69 Å². The third-order valence-electron chi connectivity index (χ3n) is 3.74. The van der Waals surface area contributed by atoms with Crippen molar-refractivity contribution in [2.45, 2.75) is 44.8 Å². The summed E-state index contributed by atoms with van der Waals surface area (Å²) in [7, 11) is 3.37. The van der Waals surface area contributed by atoms with E-state index >= 15 is 0 Å². The molecule has 1 fully saturated rings. The Kier molecular flexibility index (Phi) is 5.53. The average Bonchev–Trinajstić information content (AvgIpc) is 2.48. The standard InChI is InChI=1S/C16H25NO3/c1-4-5-14-10-12(8-9-20-14)17-15-11-13(18-2)6-7-16(15)19-3/h6-7,11-12,14,17H,4-5,8-10H2,1-3H3. The molecule has 4 nitrogen and oxygen atoms in total. The minimum atomic E-state index is 0.378. The number of methoxy groups -OCH3 is 2. The minimum Gasteiger partial charge on any atom is -0.497 e. The van der Waals surface area contributed by atoms with E-state index in [1.165, 1.54) is 6.42 Å². The van der Waals surface area contributed by atoms with E-state index in [0.29, 0.717) is 12.1 Å². The molecule has 2 unspecified atom stereocenters. The SMILES string of the molecule is CCCC1CC(Nc2cc(OC)ccc2OC)CCO1. The molecule has 20 heavy (non-hydrogen) atoms. The molecule has 1 aromatic carbocycles. The van der Waals surface area contributed by atoms with Crippen LogP contribution >= 0.6 is 0 Å². The quantitative estimate of drug-likeness (QED) is 0.865. The van der Waals surface area contributed by atoms with E-state index in [1.807, 2.05) is 18.2 Å². The zero-order valence-electron chi connectivity index (χ0n) is 12.6. The van der Waals surface area contributed by atoms with Crippen LogP contribution < -0.4 is 14.8 Å². The Balaban J connectivity index is 2.04. The van der Waals surface area contributed by atoms with Gasteiger partial charge in [0.15, 0.2) is 0 Å². The van der Waals surface area contributed by atoms with E-state index in [4.69, 9.17) is 14.2 Å². The highest BCUT2D eigenvalue weighted by atomic mass is 16.5. The van der Waals surface area contributed by atoms with E-state index in [1.54, 1.807) is 14.2 Å². The van der Waals surface area contributed by atoms with Crippen LogP contribution in [0.5, 0.6) is 11.5 Å². The van der Waals surface area contributed by atoms with Crippen molar-refractivity contribution >= 4 is 5.69 Å². The average molecular weight is 279 g/mol. The summed E-state index contributed by atoms with van der Waals surface area (Å²) < 4.78 is 16.5. The number of hydrogen-bond donors (Lipinski definition) is 1. The van der Waals surface area contributed by atoms with Crippen LogP contribution in [-0.4, -0.2) is 33.0 Å². The normalized spacial score (nSPS) is 22.4. The van der Waals surface area contributed by atoms with Gasteiger partial charge in [-0.2, -0.15) is 0 Å². The number of anilines is 1. The number of nitrogens with one attached hydrogen (secondary N) is 1. The first-order chi connectivity index (χ1) is 9.76. The first kappa shape index (κ1) is 15.0. The summed E-state index contributed by atoms with van der Waals surface area (Å²) in [4.78, 5) is 0. The molecular formula is C16H25NO3. The van der Waals surface area contributed by atoms with Gasteiger partial charge in [0, 0.05) is 18.7 Å². The first-order valence-electron chi connectivity index (χ1n) is 7.37. The highest BCUT2D eigenvalue weighted by molar-refractivity contribution is 5.60. The summed E-state index contributed by atoms with van der Waals surface area (Å²) in [6, 6.07) is 6.27. The molecule has 1 heterocycles. The second kappa shape index (κ2) is 7.39. The second-order valence-electron chi connectivity index (χ2n) is 5.21. The first-order valence-corrected chi connectivity index (χ1v) is 7.37. The molecule has 2 atom stereocenters. The van der Waals surface area contributed by atoms with Crippen molar-refractivity contribution in [1.82, 2.24) is 0 Å². The van der Waals surface area contributed by atoms with Crippen LogP contribution in [-0.2, 0) is 4.74 Å². The van der Waals surface area contributed by atoms with E-state index in [-0.39, 0.29) is 0 Å². The molecule has 0 aliphatic carbocycles. The van der Waals surface area contributed by atoms with Crippen molar-refractivity contribution in [3.8, 4) is 11.5 Å². The fourth-order valence-corrected chi connectivity index (χ4v) is 2.68. The molecule has 0 saturated carbocycles. The van der Waals surface area contributed by atoms with Gasteiger partial charge in [0.05, 0.1) is 26.0 Å². The lowest BCUT2D eigenvalue weighted by atomic mass is 10.00. The summed E-state index contributed by atoms with van der Waals surface area (Å²) in [6.45, 7) is 3.03. The van der Waals surface area contributed by atoms with Crippen molar-refractivity contribution in [2.24, 2.45) is 0 Å². The van der Waals surface area contributed by atoms with E-state index in [9.17, 15) is 0 Å². The Morgan fingerprint density at radius 3 is 2.85 bits per heavy atom. The summed E-state index contributed by atoms with van der Waals surface area (Å²) in [5.74, 6) is 1.69. The number of rotatable bonds is 6. The van der Waals surface area contributed by atoms with Crippen LogP contribution in [0.1, 0.15) is 32.6 Å². The van der Waals surface area contributed by atoms with Crippen molar-refractivity contribution in [3.05, 3.63) is 18.2 Å². The maximum atomic E-state index is 5.79. The Morgan fingerprint density at radius 2 is 2.15 bits per heavy atom. The van der Waals surface area contributed by atoms with Crippen molar-refractivity contribution in [3.63, 3.8) is 0 Å². The summed E-state index contributed by atoms with van der Waals surface area (Å²) in [6.07, 6.45) is 4.75. The van der Waals surface area contributed by atoms with Gasteiger partial charge in [-0.25, -0.2) is 0 Å². The lowest BCUT2D eigenvalue weighted by molar-refractivity contribution is 0.00595. The smallest absolute Gasteiger partial charge is 0.142 e. The van der Waals surface area contributed by atoms with E-state index in [2.05, 4.69) is 12.2 Å². The number of ether oxygens (including phenoxy) is 3. The molecule has 1 aliphatic heterocycles. The molecule has 1 aliphatic rings. The lowest BCUT2D eigenvalue weighted by Gasteiger charge is -2.31. The molecule has 1 N–H and O–H groups in total. The summed E-state index contributed by atoms with van der Waals surface area (Å²) in [5.41, 5.74) is 0.994. The fraction of sp³-hybridized carbons (Fsp3) is 0.625. The van der Waals surface area contributed by atoms with Gasteiger partial charge in [0.2, 0.25) is 0 Å². The predicted octanol–water partition coefficient (Wildman–Crippen LogP) is 3.46. The van der Waals surface area contributed by atoms with Gasteiger partial charge in [0.1, 0.15) is 11.5 Å². The zero-order chi connectivity index (χ0) is 14.4. The Labute approximate surface area is 121 Å². The molecule has 0 amide bonds. The van der Waals surface area contributed by atoms with Gasteiger partial charge in [-0.05, 0) is 31.4 Å². The van der Waals surface area contributed by atoms with Gasteiger partial charge in [-0.15, -0.1) is 0 Å². The highest BCUT2D eigenvalue weighted by Gasteiger charge is 2.22. The van der Waals surface area contributed by atoms with Crippen LogP contribution in [0.15, 0.2) is 18.2 Å². The number of hydrogen-bond acceptors (Lipinski definition) is 4. The molecule has 2 rings (SSSR count).